The predicted octanol–water partition coefficient (Wildman–Crippen LogP) is 2.95. The minimum atomic E-state index is -1.10. The number of carbonyl (C=O) groups is 2. The van der Waals surface area contributed by atoms with Gasteiger partial charge in [-0.05, 0) is 55.7 Å². The van der Waals surface area contributed by atoms with Crippen molar-refractivity contribution in [1.29, 1.82) is 0 Å². The summed E-state index contributed by atoms with van der Waals surface area (Å²) >= 11 is 0. The lowest BCUT2D eigenvalue weighted by Gasteiger charge is -2.38. The molecule has 10 heteroatoms. The van der Waals surface area contributed by atoms with Gasteiger partial charge in [0.15, 0.2) is 0 Å². The van der Waals surface area contributed by atoms with Crippen molar-refractivity contribution in [2.24, 2.45) is 5.73 Å². The fourth-order valence-corrected chi connectivity index (χ4v) is 3.92. The molecule has 1 heterocycles. The van der Waals surface area contributed by atoms with Crippen LogP contribution in [0.1, 0.15) is 40.0 Å². The Morgan fingerprint density at radius 3 is 2.48 bits per heavy atom. The number of carbonyl (C=O) groups excluding carboxylic acids is 1. The van der Waals surface area contributed by atoms with Crippen LogP contribution in [-0.4, -0.2) is 41.1 Å². The van der Waals surface area contributed by atoms with Gasteiger partial charge in [-0.1, -0.05) is 0 Å². The maximum Gasteiger partial charge on any atom is 0.335 e. The highest BCUT2D eigenvalue weighted by Gasteiger charge is 2.33. The Kier molecular flexibility index (Phi) is 5.77. The molecular formula is C23H24FN5O4. The lowest BCUT2D eigenvalue weighted by molar-refractivity contribution is 0.0696. The number of halogens is 1. The molecule has 2 aromatic carbocycles. The molecule has 1 aliphatic carbocycles. The number of aromatic nitrogens is 1. The number of benzene rings is 2. The van der Waals surface area contributed by atoms with Crippen LogP contribution in [0.2, 0.25) is 0 Å². The molecule has 0 saturated heterocycles. The molecule has 172 valence electrons. The zero-order valence-corrected chi connectivity index (χ0v) is 17.9. The summed E-state index contributed by atoms with van der Waals surface area (Å²) in [5.41, 5.74) is 6.25. The van der Waals surface area contributed by atoms with E-state index in [2.05, 4.69) is 20.9 Å². The van der Waals surface area contributed by atoms with E-state index in [1.807, 2.05) is 0 Å². The summed E-state index contributed by atoms with van der Waals surface area (Å²) in [5, 5.41) is 18.0. The molecule has 0 bridgehead atoms. The van der Waals surface area contributed by atoms with Gasteiger partial charge in [0.25, 0.3) is 11.5 Å². The highest BCUT2D eigenvalue weighted by molar-refractivity contribution is 6.13. The maximum atomic E-state index is 14.4. The second-order valence-electron chi connectivity index (χ2n) is 8.24. The van der Waals surface area contributed by atoms with E-state index in [-0.39, 0.29) is 16.8 Å². The molecule has 1 fully saturated rings. The number of H-pyrrole nitrogens is 1. The highest BCUT2D eigenvalue weighted by Crippen LogP contribution is 2.33. The Balaban J connectivity index is 1.78. The molecule has 0 atom stereocenters. The maximum absolute atomic E-state index is 14.4. The first-order chi connectivity index (χ1) is 15.7. The fourth-order valence-electron chi connectivity index (χ4n) is 3.92. The molecule has 1 aliphatic rings. The van der Waals surface area contributed by atoms with Gasteiger partial charge in [0.2, 0.25) is 0 Å². The van der Waals surface area contributed by atoms with E-state index in [0.29, 0.717) is 28.8 Å². The van der Waals surface area contributed by atoms with Crippen LogP contribution in [0.3, 0.4) is 0 Å². The zero-order valence-electron chi connectivity index (χ0n) is 17.9. The summed E-state index contributed by atoms with van der Waals surface area (Å²) in [7, 11) is 1.60. The molecular weight excluding hydrogens is 429 g/mol. The number of fused-ring (bicyclic) bond motifs is 1. The van der Waals surface area contributed by atoms with Crippen molar-refractivity contribution < 1.29 is 19.1 Å². The summed E-state index contributed by atoms with van der Waals surface area (Å²) in [6.07, 6.45) is 2.59. The van der Waals surface area contributed by atoms with E-state index >= 15 is 0 Å². The molecule has 0 radical (unpaired) electrons. The first kappa shape index (κ1) is 22.3. The fraction of sp³-hybridized carbons (Fsp3) is 0.261. The summed E-state index contributed by atoms with van der Waals surface area (Å²) in [5.74, 6) is -2.36. The number of nitrogens with two attached hydrogens (primary N) is 1. The first-order valence-electron chi connectivity index (χ1n) is 10.5. The summed E-state index contributed by atoms with van der Waals surface area (Å²) < 4.78 is 14.4. The Labute approximate surface area is 188 Å². The monoisotopic (exact) mass is 453 g/mol. The van der Waals surface area contributed by atoms with Crippen molar-refractivity contribution in [3.63, 3.8) is 0 Å². The number of carboxylic acids is 1. The van der Waals surface area contributed by atoms with Gasteiger partial charge in [0.1, 0.15) is 11.4 Å². The van der Waals surface area contributed by atoms with Crippen LogP contribution in [0.15, 0.2) is 41.2 Å². The molecule has 1 aromatic heterocycles. The van der Waals surface area contributed by atoms with E-state index in [9.17, 15) is 18.8 Å². The van der Waals surface area contributed by atoms with Gasteiger partial charge < -0.3 is 31.8 Å². The number of hydrogen-bond acceptors (Lipinski definition) is 6. The van der Waals surface area contributed by atoms with E-state index in [1.54, 1.807) is 7.05 Å². The molecule has 4 rings (SSSR count). The number of hydrogen-bond donors (Lipinski definition) is 6. The van der Waals surface area contributed by atoms with E-state index in [1.165, 1.54) is 36.4 Å². The number of anilines is 3. The first-order valence-corrected chi connectivity index (χ1v) is 10.5. The van der Waals surface area contributed by atoms with Gasteiger partial charge in [0, 0.05) is 30.2 Å². The predicted molar refractivity (Wildman–Crippen MR) is 125 cm³/mol. The Hall–Kier alpha value is -3.92. The topological polar surface area (TPSA) is 149 Å². The molecule has 0 aliphatic heterocycles. The van der Waals surface area contributed by atoms with Crippen LogP contribution in [0.25, 0.3) is 10.9 Å². The van der Waals surface area contributed by atoms with Gasteiger partial charge in [0.05, 0.1) is 22.5 Å². The quantitative estimate of drug-likeness (QED) is 0.322. The van der Waals surface area contributed by atoms with Gasteiger partial charge in [-0.15, -0.1) is 0 Å². The van der Waals surface area contributed by atoms with E-state index < -0.39 is 28.8 Å². The number of nitrogens with one attached hydrogen (secondary N) is 4. The molecule has 3 aromatic rings. The Morgan fingerprint density at radius 2 is 1.91 bits per heavy atom. The largest absolute Gasteiger partial charge is 0.478 e. The molecule has 33 heavy (non-hydrogen) atoms. The van der Waals surface area contributed by atoms with Crippen LogP contribution in [0.5, 0.6) is 0 Å². The van der Waals surface area contributed by atoms with Crippen LogP contribution in [-0.2, 0) is 0 Å². The van der Waals surface area contributed by atoms with Crippen LogP contribution in [0, 0.1) is 5.82 Å². The number of amides is 1. The lowest BCUT2D eigenvalue weighted by atomic mass is 9.77. The smallest absolute Gasteiger partial charge is 0.335 e. The highest BCUT2D eigenvalue weighted by atomic mass is 19.1. The molecule has 0 spiro atoms. The second-order valence-corrected chi connectivity index (χ2v) is 8.24. The van der Waals surface area contributed by atoms with Crippen LogP contribution < -0.4 is 27.2 Å². The number of aromatic carboxylic acids is 1. The van der Waals surface area contributed by atoms with Crippen molar-refractivity contribution in [1.82, 2.24) is 4.98 Å². The second kappa shape index (κ2) is 8.55. The Morgan fingerprint density at radius 1 is 1.21 bits per heavy atom. The van der Waals surface area contributed by atoms with E-state index in [4.69, 9.17) is 10.8 Å². The summed E-state index contributed by atoms with van der Waals surface area (Å²) in [6, 6.07) is 8.02. The molecule has 1 saturated carbocycles. The standard InChI is InChI=1S/C23H24FN5O4/c1-26-16-10-13(24)9-15-18(16)29-21(31)17(19(15)27-11-23(25)7-2-8-23)20(30)28-14-5-3-12(4-6-14)22(32)33/h3-6,9-10,26H,2,7-8,11,25H2,1H3,(H,28,30)(H,32,33)(H2,27,29,31). The van der Waals surface area contributed by atoms with Gasteiger partial charge in [-0.25, -0.2) is 9.18 Å². The number of pyridine rings is 1. The van der Waals surface area contributed by atoms with E-state index in [0.717, 1.165) is 19.3 Å². The number of aromatic amines is 1. The summed E-state index contributed by atoms with van der Waals surface area (Å²) in [4.78, 5) is 39.9. The molecule has 9 nitrogen and oxygen atoms in total. The third kappa shape index (κ3) is 4.37. The minimum absolute atomic E-state index is 0.0581. The lowest BCUT2D eigenvalue weighted by Crippen LogP contribution is -2.52. The van der Waals surface area contributed by atoms with Crippen molar-refractivity contribution in [3.05, 3.63) is 63.7 Å². The number of carboxylic acid groups (broad SMARTS) is 1. The van der Waals surface area contributed by atoms with Crippen LogP contribution in [0.4, 0.5) is 21.5 Å². The zero-order chi connectivity index (χ0) is 23.8. The SMILES string of the molecule is CNc1cc(F)cc2c(NCC3(N)CCC3)c(C(=O)Nc3ccc(C(=O)O)cc3)c(=O)[nH]c12. The number of rotatable bonds is 7. The van der Waals surface area contributed by atoms with Gasteiger partial charge >= 0.3 is 5.97 Å². The van der Waals surface area contributed by atoms with Gasteiger partial charge in [-0.2, -0.15) is 0 Å². The molecule has 7 N–H and O–H groups in total. The minimum Gasteiger partial charge on any atom is -0.478 e. The van der Waals surface area contributed by atoms with Gasteiger partial charge in [-0.3, -0.25) is 9.59 Å². The normalized spacial score (nSPS) is 14.4. The molecule has 1 amide bonds. The average Bonchev–Trinajstić information content (AvgIpc) is 2.76. The summed E-state index contributed by atoms with van der Waals surface area (Å²) in [6.45, 7) is 0.310. The Bertz CT molecular complexity index is 1300. The average molecular weight is 453 g/mol. The van der Waals surface area contributed by atoms with Crippen molar-refractivity contribution in [2.75, 3.05) is 29.5 Å². The van der Waals surface area contributed by atoms with Crippen LogP contribution >= 0.6 is 0 Å². The molecule has 0 unspecified atom stereocenters. The van der Waals surface area contributed by atoms with Crippen molar-refractivity contribution in [2.45, 2.75) is 24.8 Å². The van der Waals surface area contributed by atoms with Crippen molar-refractivity contribution >= 4 is 39.8 Å². The van der Waals surface area contributed by atoms with Crippen molar-refractivity contribution in [3.8, 4) is 0 Å². The third-order valence-electron chi connectivity index (χ3n) is 5.94. The third-order valence-corrected chi connectivity index (χ3v) is 5.94.